The molecule has 0 radical (unpaired) electrons. The van der Waals surface area contributed by atoms with Gasteiger partial charge in [-0.15, -0.1) is 11.8 Å². The summed E-state index contributed by atoms with van der Waals surface area (Å²) in [7, 11) is 3.01. The predicted octanol–water partition coefficient (Wildman–Crippen LogP) is 4.15. The number of hydrogen-bond donors (Lipinski definition) is 2. The molecule has 0 aliphatic carbocycles. The van der Waals surface area contributed by atoms with E-state index >= 15 is 0 Å². The van der Waals surface area contributed by atoms with E-state index in [2.05, 4.69) is 10.6 Å². The van der Waals surface area contributed by atoms with Gasteiger partial charge >= 0.3 is 0 Å². The quantitative estimate of drug-likeness (QED) is 0.168. The minimum absolute atomic E-state index is 0.191. The number of methoxy groups -OCH3 is 2. The van der Waals surface area contributed by atoms with Gasteiger partial charge in [0.1, 0.15) is 51.4 Å². The van der Waals surface area contributed by atoms with Crippen LogP contribution in [-0.2, 0) is 20.8 Å². The van der Waals surface area contributed by atoms with Crippen LogP contribution in [0.25, 0.3) is 22.3 Å². The third-order valence-electron chi connectivity index (χ3n) is 8.46. The molecular formula is C36H37N3O8S. The van der Waals surface area contributed by atoms with Gasteiger partial charge in [0.25, 0.3) is 0 Å². The van der Waals surface area contributed by atoms with E-state index in [4.69, 9.17) is 18.6 Å². The summed E-state index contributed by atoms with van der Waals surface area (Å²) in [4.78, 5) is 53.4. The molecule has 3 aromatic carbocycles. The summed E-state index contributed by atoms with van der Waals surface area (Å²) in [6.45, 7) is 4.61. The van der Waals surface area contributed by atoms with E-state index in [0.717, 1.165) is 5.56 Å². The summed E-state index contributed by atoms with van der Waals surface area (Å²) in [5, 5.41) is 5.87. The number of carbonyl (C=O) groups is 3. The van der Waals surface area contributed by atoms with Gasteiger partial charge in [-0.25, -0.2) is 0 Å². The Balaban J connectivity index is 0.987. The molecule has 6 rings (SSSR count). The van der Waals surface area contributed by atoms with Crippen LogP contribution >= 0.6 is 11.8 Å². The van der Waals surface area contributed by atoms with Crippen LogP contribution in [-0.4, -0.2) is 72.2 Å². The van der Waals surface area contributed by atoms with Crippen LogP contribution < -0.4 is 30.3 Å². The Morgan fingerprint density at radius 3 is 2.42 bits per heavy atom. The number of rotatable bonds is 12. The van der Waals surface area contributed by atoms with Crippen molar-refractivity contribution in [3.8, 4) is 28.6 Å². The molecule has 250 valence electrons. The number of nitrogens with zero attached hydrogens (tertiary/aromatic N) is 1. The van der Waals surface area contributed by atoms with Crippen LogP contribution in [0.2, 0.25) is 0 Å². The molecule has 3 atom stereocenters. The molecule has 2 aliphatic rings. The lowest BCUT2D eigenvalue weighted by atomic mass is 9.95. The number of fused-ring (bicyclic) bond motifs is 2. The fourth-order valence-electron chi connectivity index (χ4n) is 6.11. The minimum atomic E-state index is -0.646. The average molecular weight is 672 g/mol. The van der Waals surface area contributed by atoms with Gasteiger partial charge in [0.05, 0.1) is 27.2 Å². The van der Waals surface area contributed by atoms with E-state index in [0.29, 0.717) is 59.1 Å². The van der Waals surface area contributed by atoms with Gasteiger partial charge in [-0.1, -0.05) is 30.3 Å². The molecule has 11 nitrogen and oxygen atoms in total. The van der Waals surface area contributed by atoms with E-state index in [9.17, 15) is 19.2 Å². The molecule has 2 aliphatic heterocycles. The number of thioether (sulfide) groups is 1. The summed E-state index contributed by atoms with van der Waals surface area (Å²) in [6, 6.07) is 20.0. The highest BCUT2D eigenvalue weighted by atomic mass is 32.2. The maximum atomic E-state index is 13.3. The highest BCUT2D eigenvalue weighted by Crippen LogP contribution is 2.50. The Morgan fingerprint density at radius 2 is 1.71 bits per heavy atom. The minimum Gasteiger partial charge on any atom is -0.496 e. The Bertz CT molecular complexity index is 1890. The SMILES string of the molecule is COc1cc(OC)c2c(=O)cc(-c3ccc(OCCCNC(=O)[C@@H]4N5C(=O)[C@@H](NC(=O)Cc6ccccc6)[C@H]5SC4(C)C)cc3)oc2c1. The third kappa shape index (κ3) is 6.57. The molecule has 0 unspecified atom stereocenters. The topological polar surface area (TPSA) is 136 Å². The van der Waals surface area contributed by atoms with E-state index in [1.807, 2.05) is 44.2 Å². The number of β-lactam (4-membered cyclic amide) rings is 1. The Kier molecular flexibility index (Phi) is 9.36. The van der Waals surface area contributed by atoms with Crippen molar-refractivity contribution >= 4 is 40.5 Å². The maximum Gasteiger partial charge on any atom is 0.249 e. The number of benzene rings is 3. The fraction of sp³-hybridized carbons (Fsp3) is 0.333. The van der Waals surface area contributed by atoms with E-state index in [1.165, 1.54) is 32.0 Å². The van der Waals surface area contributed by atoms with Crippen LogP contribution in [0.1, 0.15) is 25.8 Å². The zero-order valence-corrected chi connectivity index (χ0v) is 27.9. The van der Waals surface area contributed by atoms with Crippen molar-refractivity contribution in [1.82, 2.24) is 15.5 Å². The maximum absolute atomic E-state index is 13.3. The van der Waals surface area contributed by atoms with E-state index in [-0.39, 0.29) is 34.9 Å². The van der Waals surface area contributed by atoms with Crippen molar-refractivity contribution in [3.05, 3.63) is 88.6 Å². The van der Waals surface area contributed by atoms with E-state index in [1.54, 1.807) is 41.3 Å². The molecule has 4 aromatic rings. The first-order chi connectivity index (χ1) is 23.1. The molecule has 0 saturated carbocycles. The number of nitrogens with one attached hydrogen (secondary N) is 2. The summed E-state index contributed by atoms with van der Waals surface area (Å²) < 4.78 is 22.0. The number of ether oxygens (including phenoxy) is 3. The predicted molar refractivity (Wildman–Crippen MR) is 182 cm³/mol. The molecule has 3 heterocycles. The molecular weight excluding hydrogens is 634 g/mol. The molecule has 12 heteroatoms. The standard InChI is InChI=1S/C36H37N3O8S/c1-36(2)32(39-34(43)31(35(39)48-36)38-29(41)17-21-9-6-5-7-10-21)33(42)37-15-8-16-46-23-13-11-22(12-14-23)26-20-25(40)30-27(45-4)18-24(44-3)19-28(30)47-26/h5-7,9-14,18-20,31-32,35H,8,15-17H2,1-4H3,(H,37,42)(H,38,41)/t31-,32+,35-/m1/s1. The molecule has 48 heavy (non-hydrogen) atoms. The van der Waals surface area contributed by atoms with Crippen LogP contribution in [0.3, 0.4) is 0 Å². The van der Waals surface area contributed by atoms with Crippen molar-refractivity contribution in [2.24, 2.45) is 0 Å². The monoisotopic (exact) mass is 671 g/mol. The summed E-state index contributed by atoms with van der Waals surface area (Å²) in [6.07, 6.45) is 0.739. The van der Waals surface area contributed by atoms with Crippen molar-refractivity contribution < 1.29 is 33.0 Å². The lowest BCUT2D eigenvalue weighted by Gasteiger charge is -2.44. The van der Waals surface area contributed by atoms with Crippen molar-refractivity contribution in [1.29, 1.82) is 0 Å². The lowest BCUT2D eigenvalue weighted by molar-refractivity contribution is -0.155. The highest BCUT2D eigenvalue weighted by Gasteiger charge is 2.63. The van der Waals surface area contributed by atoms with Crippen LogP contribution in [0.4, 0.5) is 0 Å². The molecule has 1 aromatic heterocycles. The first kappa shape index (κ1) is 33.0. The average Bonchev–Trinajstić information content (AvgIpc) is 3.34. The highest BCUT2D eigenvalue weighted by molar-refractivity contribution is 8.01. The number of carbonyl (C=O) groups excluding carboxylic acids is 3. The number of hydrogen-bond acceptors (Lipinski definition) is 9. The molecule has 2 saturated heterocycles. The zero-order valence-electron chi connectivity index (χ0n) is 27.1. The fourth-order valence-corrected chi connectivity index (χ4v) is 7.74. The molecule has 2 N–H and O–H groups in total. The molecule has 3 amide bonds. The van der Waals surface area contributed by atoms with Gasteiger partial charge in [-0.05, 0) is 50.1 Å². The van der Waals surface area contributed by atoms with Crippen LogP contribution in [0.15, 0.2) is 82.0 Å². The first-order valence-electron chi connectivity index (χ1n) is 15.6. The van der Waals surface area contributed by atoms with Gasteiger partial charge in [0.2, 0.25) is 17.7 Å². The summed E-state index contributed by atoms with van der Waals surface area (Å²) in [5.74, 6) is 1.22. The smallest absolute Gasteiger partial charge is 0.249 e. The second-order valence-electron chi connectivity index (χ2n) is 12.2. The zero-order chi connectivity index (χ0) is 34.0. The van der Waals surface area contributed by atoms with Crippen LogP contribution in [0.5, 0.6) is 17.2 Å². The van der Waals surface area contributed by atoms with Gasteiger partial charge < -0.3 is 34.2 Å². The van der Waals surface area contributed by atoms with Crippen LogP contribution in [0, 0.1) is 0 Å². The first-order valence-corrected chi connectivity index (χ1v) is 16.5. The largest absolute Gasteiger partial charge is 0.496 e. The summed E-state index contributed by atoms with van der Waals surface area (Å²) >= 11 is 1.53. The van der Waals surface area contributed by atoms with Crippen molar-refractivity contribution in [2.75, 3.05) is 27.4 Å². The van der Waals surface area contributed by atoms with Gasteiger partial charge in [0, 0.05) is 35.1 Å². The van der Waals surface area contributed by atoms with Gasteiger partial charge in [0.15, 0.2) is 5.43 Å². The number of amides is 3. The second kappa shape index (κ2) is 13.6. The van der Waals surface area contributed by atoms with Gasteiger partial charge in [-0.2, -0.15) is 0 Å². The van der Waals surface area contributed by atoms with Crippen molar-refractivity contribution in [3.63, 3.8) is 0 Å². The molecule has 0 spiro atoms. The molecule has 2 fully saturated rings. The second-order valence-corrected chi connectivity index (χ2v) is 13.9. The lowest BCUT2D eigenvalue weighted by Crippen LogP contribution is -2.71. The third-order valence-corrected chi connectivity index (χ3v) is 10.0. The van der Waals surface area contributed by atoms with E-state index < -0.39 is 16.8 Å². The van der Waals surface area contributed by atoms with Gasteiger partial charge in [-0.3, -0.25) is 19.2 Å². The Labute approximate surface area is 281 Å². The van der Waals surface area contributed by atoms with Crippen molar-refractivity contribution in [2.45, 2.75) is 48.9 Å². The summed E-state index contributed by atoms with van der Waals surface area (Å²) in [5.41, 5.74) is 1.70. The Hall–Kier alpha value is -4.97. The Morgan fingerprint density at radius 1 is 0.958 bits per heavy atom. The normalized spacial score (nSPS) is 19.3. The molecule has 0 bridgehead atoms.